The Balaban J connectivity index is 2.11. The Hall–Kier alpha value is -2.83. The van der Waals surface area contributed by atoms with Crippen molar-refractivity contribution in [1.29, 1.82) is 0 Å². The average molecular weight is 344 g/mol. The van der Waals surface area contributed by atoms with E-state index in [4.69, 9.17) is 9.47 Å². The second-order valence-electron chi connectivity index (χ2n) is 5.57. The highest BCUT2D eigenvalue weighted by Gasteiger charge is 2.13. The number of benzene rings is 1. The number of carbonyl (C=O) groups excluding carboxylic acids is 1. The van der Waals surface area contributed by atoms with E-state index < -0.39 is 0 Å². The first-order chi connectivity index (χ1) is 12.1. The van der Waals surface area contributed by atoms with Gasteiger partial charge in [0.05, 0.1) is 19.9 Å². The highest BCUT2D eigenvalue weighted by molar-refractivity contribution is 6.03. The molecule has 25 heavy (non-hydrogen) atoms. The second-order valence-corrected chi connectivity index (χ2v) is 5.57. The first kappa shape index (κ1) is 18.5. The number of rotatable bonds is 8. The van der Waals surface area contributed by atoms with Crippen molar-refractivity contribution >= 4 is 17.4 Å². The Labute approximate surface area is 148 Å². The zero-order valence-corrected chi connectivity index (χ0v) is 15.1. The van der Waals surface area contributed by atoms with Gasteiger partial charge in [0.15, 0.2) is 11.5 Å². The summed E-state index contributed by atoms with van der Waals surface area (Å²) in [6.45, 7) is 3.04. The normalized spacial score (nSPS) is 10.2. The van der Waals surface area contributed by atoms with Gasteiger partial charge in [-0.15, -0.1) is 10.2 Å². The van der Waals surface area contributed by atoms with E-state index in [0.717, 1.165) is 25.2 Å². The molecule has 0 radical (unpaired) electrons. The minimum absolute atomic E-state index is 0.234. The molecule has 7 heteroatoms. The number of methoxy groups -OCH3 is 2. The lowest BCUT2D eigenvalue weighted by Gasteiger charge is -2.17. The minimum Gasteiger partial charge on any atom is -0.497 e. The standard InChI is InChI=1S/C18H24N4O3/c1-5-6-11-22(2)17-10-8-14(20-21-17)18(23)19-15-12-13(24-3)7-9-16(15)25-4/h7-10,12H,5-6,11H2,1-4H3,(H,19,23). The summed E-state index contributed by atoms with van der Waals surface area (Å²) in [7, 11) is 5.06. The summed E-state index contributed by atoms with van der Waals surface area (Å²) in [5.74, 6) is 1.54. The lowest BCUT2D eigenvalue weighted by atomic mass is 10.2. The molecule has 1 aromatic heterocycles. The Morgan fingerprint density at radius 2 is 1.96 bits per heavy atom. The molecule has 1 aromatic carbocycles. The van der Waals surface area contributed by atoms with E-state index in [2.05, 4.69) is 22.4 Å². The Morgan fingerprint density at radius 1 is 1.16 bits per heavy atom. The summed E-state index contributed by atoms with van der Waals surface area (Å²) in [6, 6.07) is 8.63. The van der Waals surface area contributed by atoms with Crippen LogP contribution in [0.25, 0.3) is 0 Å². The number of hydrogen-bond acceptors (Lipinski definition) is 6. The summed E-state index contributed by atoms with van der Waals surface area (Å²) in [4.78, 5) is 14.4. The van der Waals surface area contributed by atoms with Crippen LogP contribution in [0.15, 0.2) is 30.3 Å². The molecular formula is C18H24N4O3. The van der Waals surface area contributed by atoms with E-state index in [0.29, 0.717) is 17.2 Å². The van der Waals surface area contributed by atoms with Crippen LogP contribution < -0.4 is 19.7 Å². The van der Waals surface area contributed by atoms with Gasteiger partial charge in [-0.05, 0) is 30.7 Å². The van der Waals surface area contributed by atoms with Crippen LogP contribution in [0.5, 0.6) is 11.5 Å². The third-order valence-corrected chi connectivity index (χ3v) is 3.78. The summed E-state index contributed by atoms with van der Waals surface area (Å²) >= 11 is 0. The van der Waals surface area contributed by atoms with E-state index >= 15 is 0 Å². The largest absolute Gasteiger partial charge is 0.497 e. The van der Waals surface area contributed by atoms with Crippen molar-refractivity contribution in [2.75, 3.05) is 38.0 Å². The number of aromatic nitrogens is 2. The van der Waals surface area contributed by atoms with Crippen molar-refractivity contribution in [2.45, 2.75) is 19.8 Å². The Kier molecular flexibility index (Phi) is 6.56. The topological polar surface area (TPSA) is 76.6 Å². The van der Waals surface area contributed by atoms with Gasteiger partial charge in [-0.1, -0.05) is 13.3 Å². The quantitative estimate of drug-likeness (QED) is 0.793. The summed E-state index contributed by atoms with van der Waals surface area (Å²) in [6.07, 6.45) is 2.19. The zero-order valence-electron chi connectivity index (χ0n) is 15.1. The first-order valence-electron chi connectivity index (χ1n) is 8.17. The lowest BCUT2D eigenvalue weighted by Crippen LogP contribution is -2.21. The third kappa shape index (κ3) is 4.82. The molecule has 134 valence electrons. The Morgan fingerprint density at radius 3 is 2.56 bits per heavy atom. The number of nitrogens with zero attached hydrogens (tertiary/aromatic N) is 3. The van der Waals surface area contributed by atoms with Crippen LogP contribution in [0.1, 0.15) is 30.3 Å². The maximum atomic E-state index is 12.4. The summed E-state index contributed by atoms with van der Waals surface area (Å²) < 4.78 is 10.4. The molecule has 2 aromatic rings. The lowest BCUT2D eigenvalue weighted by molar-refractivity contribution is 0.102. The molecule has 2 rings (SSSR count). The average Bonchev–Trinajstić information content (AvgIpc) is 2.66. The van der Waals surface area contributed by atoms with Gasteiger partial charge < -0.3 is 19.7 Å². The van der Waals surface area contributed by atoms with E-state index in [9.17, 15) is 4.79 Å². The third-order valence-electron chi connectivity index (χ3n) is 3.78. The number of hydrogen-bond donors (Lipinski definition) is 1. The molecule has 0 aliphatic rings. The molecule has 1 N–H and O–H groups in total. The predicted molar refractivity (Wildman–Crippen MR) is 97.7 cm³/mol. The molecule has 0 saturated carbocycles. The smallest absolute Gasteiger partial charge is 0.276 e. The van der Waals surface area contributed by atoms with Gasteiger partial charge in [0, 0.05) is 19.7 Å². The van der Waals surface area contributed by atoms with Crippen molar-refractivity contribution in [3.05, 3.63) is 36.0 Å². The van der Waals surface area contributed by atoms with Crippen LogP contribution in [0.4, 0.5) is 11.5 Å². The molecule has 0 aliphatic carbocycles. The number of amides is 1. The molecule has 0 fully saturated rings. The van der Waals surface area contributed by atoms with Crippen molar-refractivity contribution in [2.24, 2.45) is 0 Å². The maximum Gasteiger partial charge on any atom is 0.276 e. The van der Waals surface area contributed by atoms with Crippen LogP contribution in [-0.4, -0.2) is 43.9 Å². The van der Waals surface area contributed by atoms with Crippen molar-refractivity contribution < 1.29 is 14.3 Å². The molecule has 0 unspecified atom stereocenters. The molecule has 7 nitrogen and oxygen atoms in total. The molecule has 0 aliphatic heterocycles. The van der Waals surface area contributed by atoms with Gasteiger partial charge in [-0.3, -0.25) is 4.79 Å². The van der Waals surface area contributed by atoms with E-state index in [-0.39, 0.29) is 11.6 Å². The van der Waals surface area contributed by atoms with Gasteiger partial charge in [0.25, 0.3) is 5.91 Å². The van der Waals surface area contributed by atoms with Crippen molar-refractivity contribution in [1.82, 2.24) is 10.2 Å². The van der Waals surface area contributed by atoms with E-state index in [1.165, 1.54) is 7.11 Å². The van der Waals surface area contributed by atoms with Gasteiger partial charge in [-0.25, -0.2) is 0 Å². The minimum atomic E-state index is -0.359. The molecule has 0 spiro atoms. The number of nitrogens with one attached hydrogen (secondary N) is 1. The monoisotopic (exact) mass is 344 g/mol. The molecule has 1 amide bonds. The maximum absolute atomic E-state index is 12.4. The number of unbranched alkanes of at least 4 members (excludes halogenated alkanes) is 1. The van der Waals surface area contributed by atoms with Crippen LogP contribution in [0, 0.1) is 0 Å². The Bertz CT molecular complexity index is 704. The number of carbonyl (C=O) groups is 1. The first-order valence-corrected chi connectivity index (χ1v) is 8.17. The van der Waals surface area contributed by atoms with Gasteiger partial charge in [0.2, 0.25) is 0 Å². The van der Waals surface area contributed by atoms with Crippen LogP contribution in [0.2, 0.25) is 0 Å². The highest BCUT2D eigenvalue weighted by atomic mass is 16.5. The van der Waals surface area contributed by atoms with Crippen molar-refractivity contribution in [3.8, 4) is 11.5 Å². The second kappa shape index (κ2) is 8.86. The van der Waals surface area contributed by atoms with E-state index in [1.54, 1.807) is 37.4 Å². The van der Waals surface area contributed by atoms with Crippen LogP contribution in [0.3, 0.4) is 0 Å². The molecule has 0 saturated heterocycles. The number of anilines is 2. The fourth-order valence-electron chi connectivity index (χ4n) is 2.26. The van der Waals surface area contributed by atoms with Gasteiger partial charge in [0.1, 0.15) is 11.5 Å². The SMILES string of the molecule is CCCCN(C)c1ccc(C(=O)Nc2cc(OC)ccc2OC)nn1. The highest BCUT2D eigenvalue weighted by Crippen LogP contribution is 2.29. The molecule has 0 atom stereocenters. The van der Waals surface area contributed by atoms with Gasteiger partial charge in [-0.2, -0.15) is 0 Å². The van der Waals surface area contributed by atoms with Crippen LogP contribution in [-0.2, 0) is 0 Å². The fourth-order valence-corrected chi connectivity index (χ4v) is 2.26. The zero-order chi connectivity index (χ0) is 18.2. The van der Waals surface area contributed by atoms with Crippen molar-refractivity contribution in [3.63, 3.8) is 0 Å². The van der Waals surface area contributed by atoms with Gasteiger partial charge >= 0.3 is 0 Å². The van der Waals surface area contributed by atoms with Crippen LogP contribution >= 0.6 is 0 Å². The molecule has 1 heterocycles. The van der Waals surface area contributed by atoms with E-state index in [1.807, 2.05) is 11.9 Å². The summed E-state index contributed by atoms with van der Waals surface area (Å²) in [5, 5.41) is 10.9. The molecular weight excluding hydrogens is 320 g/mol. The predicted octanol–water partition coefficient (Wildman–Crippen LogP) is 2.98. The fraction of sp³-hybridized carbons (Fsp3) is 0.389. The summed E-state index contributed by atoms with van der Waals surface area (Å²) in [5.41, 5.74) is 0.746. The number of ether oxygens (including phenoxy) is 2. The molecule has 0 bridgehead atoms.